The van der Waals surface area contributed by atoms with Gasteiger partial charge < -0.3 is 4.90 Å². The Morgan fingerprint density at radius 2 is 0.778 bits per heavy atom. The smallest absolute Gasteiger partial charge is 0.0726 e. The van der Waals surface area contributed by atoms with Gasteiger partial charge in [-0.2, -0.15) is 0 Å². The standard InChI is InChI=1S/C53H35N/c1-3-13-36(14-4-1)38-23-28-41(29-24-38)54(42-30-25-39(26-31-42)37-15-5-2-6-16-37)43-32-33-46-45-19-9-11-21-48(45)53(51(46)35-43)49-22-12-10-20-47(49)52-44-18-8-7-17-40(44)27-34-50(52)53/h1-35H. The van der Waals surface area contributed by atoms with Gasteiger partial charge in [-0.3, -0.25) is 0 Å². The van der Waals surface area contributed by atoms with Gasteiger partial charge >= 0.3 is 0 Å². The first-order valence-electron chi connectivity index (χ1n) is 18.8. The predicted octanol–water partition coefficient (Wildman–Crippen LogP) is 14.0. The zero-order chi connectivity index (χ0) is 35.6. The minimum atomic E-state index is -0.447. The Labute approximate surface area is 316 Å². The summed E-state index contributed by atoms with van der Waals surface area (Å²) in [6.07, 6.45) is 0. The van der Waals surface area contributed by atoms with E-state index in [4.69, 9.17) is 0 Å². The second kappa shape index (κ2) is 12.0. The summed E-state index contributed by atoms with van der Waals surface area (Å²) in [5.74, 6) is 0. The van der Waals surface area contributed by atoms with E-state index in [0.717, 1.165) is 17.1 Å². The molecule has 0 saturated heterocycles. The van der Waals surface area contributed by atoms with E-state index in [-0.39, 0.29) is 0 Å². The van der Waals surface area contributed by atoms with Gasteiger partial charge in [0.1, 0.15) is 0 Å². The fourth-order valence-corrected chi connectivity index (χ4v) is 9.35. The predicted molar refractivity (Wildman–Crippen MR) is 226 cm³/mol. The Bertz CT molecular complexity index is 2770. The second-order valence-corrected chi connectivity index (χ2v) is 14.4. The van der Waals surface area contributed by atoms with Crippen molar-refractivity contribution < 1.29 is 0 Å². The fourth-order valence-electron chi connectivity index (χ4n) is 9.35. The molecule has 0 aromatic heterocycles. The first-order chi connectivity index (χ1) is 26.8. The summed E-state index contributed by atoms with van der Waals surface area (Å²) in [6, 6.07) is 78.2. The van der Waals surface area contributed by atoms with Gasteiger partial charge in [-0.1, -0.05) is 176 Å². The van der Waals surface area contributed by atoms with Crippen LogP contribution >= 0.6 is 0 Å². The normalized spacial score (nSPS) is 14.7. The largest absolute Gasteiger partial charge is 0.310 e. The van der Waals surface area contributed by atoms with Crippen LogP contribution in [0.25, 0.3) is 55.3 Å². The molecule has 1 spiro atoms. The molecule has 11 rings (SSSR count). The maximum atomic E-state index is 2.48. The number of anilines is 3. The molecule has 0 radical (unpaired) electrons. The Hall–Kier alpha value is -6.96. The van der Waals surface area contributed by atoms with Crippen LogP contribution in [0.3, 0.4) is 0 Å². The molecular weight excluding hydrogens is 651 g/mol. The van der Waals surface area contributed by atoms with Gasteiger partial charge in [-0.05, 0) is 114 Å². The van der Waals surface area contributed by atoms with Gasteiger partial charge in [0, 0.05) is 17.1 Å². The van der Waals surface area contributed by atoms with Gasteiger partial charge in [-0.15, -0.1) is 0 Å². The van der Waals surface area contributed by atoms with Crippen molar-refractivity contribution in [3.8, 4) is 44.5 Å². The first-order valence-corrected chi connectivity index (χ1v) is 18.8. The maximum absolute atomic E-state index is 2.48. The molecule has 54 heavy (non-hydrogen) atoms. The molecule has 9 aromatic rings. The third-order valence-electron chi connectivity index (χ3n) is 11.7. The molecule has 0 bridgehead atoms. The molecule has 0 saturated carbocycles. The molecule has 2 aliphatic rings. The molecule has 0 heterocycles. The van der Waals surface area contributed by atoms with Gasteiger partial charge in [0.25, 0.3) is 0 Å². The molecule has 1 atom stereocenters. The summed E-state index contributed by atoms with van der Waals surface area (Å²) in [7, 11) is 0. The highest BCUT2D eigenvalue weighted by Crippen LogP contribution is 2.64. The van der Waals surface area contributed by atoms with E-state index in [0.29, 0.717) is 0 Å². The minimum Gasteiger partial charge on any atom is -0.310 e. The van der Waals surface area contributed by atoms with Crippen molar-refractivity contribution in [3.63, 3.8) is 0 Å². The average Bonchev–Trinajstić information content (AvgIpc) is 3.72. The second-order valence-electron chi connectivity index (χ2n) is 14.4. The molecule has 9 aromatic carbocycles. The first kappa shape index (κ1) is 30.6. The zero-order valence-corrected chi connectivity index (χ0v) is 29.7. The van der Waals surface area contributed by atoms with Crippen molar-refractivity contribution in [1.82, 2.24) is 0 Å². The van der Waals surface area contributed by atoms with E-state index in [9.17, 15) is 0 Å². The van der Waals surface area contributed by atoms with Crippen molar-refractivity contribution in [2.45, 2.75) is 5.41 Å². The quantitative estimate of drug-likeness (QED) is 0.174. The lowest BCUT2D eigenvalue weighted by atomic mass is 9.70. The van der Waals surface area contributed by atoms with Gasteiger partial charge in [0.05, 0.1) is 5.41 Å². The van der Waals surface area contributed by atoms with Crippen molar-refractivity contribution in [3.05, 3.63) is 235 Å². The number of rotatable bonds is 5. The van der Waals surface area contributed by atoms with Crippen molar-refractivity contribution in [2.75, 3.05) is 4.90 Å². The molecule has 0 amide bonds. The van der Waals surface area contributed by atoms with E-state index < -0.39 is 5.41 Å². The Balaban J connectivity index is 1.14. The molecule has 1 heteroatoms. The highest BCUT2D eigenvalue weighted by molar-refractivity contribution is 6.06. The molecular formula is C53H35N. The SMILES string of the molecule is c1ccc(-c2ccc(N(c3ccc(-c4ccccc4)cc3)c3ccc4c(c3)C3(c5ccccc5-4)c4ccccc4-c4c3ccc3ccccc43)cc2)cc1. The highest BCUT2D eigenvalue weighted by atomic mass is 15.1. The van der Waals surface area contributed by atoms with Crippen LogP contribution in [0.5, 0.6) is 0 Å². The van der Waals surface area contributed by atoms with E-state index in [2.05, 4.69) is 217 Å². The van der Waals surface area contributed by atoms with Crippen LogP contribution < -0.4 is 4.90 Å². The summed E-state index contributed by atoms with van der Waals surface area (Å²) in [5, 5.41) is 2.58. The van der Waals surface area contributed by atoms with Gasteiger partial charge in [0.15, 0.2) is 0 Å². The van der Waals surface area contributed by atoms with Gasteiger partial charge in [-0.25, -0.2) is 0 Å². The number of benzene rings is 9. The van der Waals surface area contributed by atoms with Crippen LogP contribution in [0.4, 0.5) is 17.1 Å². The average molecular weight is 686 g/mol. The molecule has 252 valence electrons. The lowest BCUT2D eigenvalue weighted by Gasteiger charge is -2.32. The monoisotopic (exact) mass is 685 g/mol. The fraction of sp³-hybridized carbons (Fsp3) is 0.0189. The van der Waals surface area contributed by atoms with Crippen molar-refractivity contribution in [1.29, 1.82) is 0 Å². The van der Waals surface area contributed by atoms with E-state index in [1.165, 1.54) is 77.5 Å². The van der Waals surface area contributed by atoms with Crippen LogP contribution in [0.1, 0.15) is 22.3 Å². The molecule has 1 nitrogen and oxygen atoms in total. The third-order valence-corrected chi connectivity index (χ3v) is 11.7. The Morgan fingerprint density at radius 3 is 1.43 bits per heavy atom. The number of hydrogen-bond acceptors (Lipinski definition) is 1. The highest BCUT2D eigenvalue weighted by Gasteiger charge is 2.52. The Morgan fingerprint density at radius 1 is 0.296 bits per heavy atom. The van der Waals surface area contributed by atoms with Crippen LogP contribution in [-0.2, 0) is 5.41 Å². The molecule has 0 fully saturated rings. The number of nitrogens with zero attached hydrogens (tertiary/aromatic N) is 1. The summed E-state index contributed by atoms with van der Waals surface area (Å²) < 4.78 is 0. The number of fused-ring (bicyclic) bond motifs is 12. The van der Waals surface area contributed by atoms with E-state index in [1.54, 1.807) is 0 Å². The van der Waals surface area contributed by atoms with Crippen LogP contribution in [0.2, 0.25) is 0 Å². The van der Waals surface area contributed by atoms with Gasteiger partial charge in [0.2, 0.25) is 0 Å². The number of hydrogen-bond donors (Lipinski definition) is 0. The van der Waals surface area contributed by atoms with E-state index >= 15 is 0 Å². The zero-order valence-electron chi connectivity index (χ0n) is 29.7. The summed E-state index contributed by atoms with van der Waals surface area (Å²) in [4.78, 5) is 2.42. The molecule has 0 N–H and O–H groups in total. The summed E-state index contributed by atoms with van der Waals surface area (Å²) >= 11 is 0. The van der Waals surface area contributed by atoms with E-state index in [1.807, 2.05) is 0 Å². The Kier molecular flexibility index (Phi) is 6.84. The maximum Gasteiger partial charge on any atom is 0.0726 e. The summed E-state index contributed by atoms with van der Waals surface area (Å²) in [5.41, 5.74) is 18.4. The lowest BCUT2D eigenvalue weighted by Crippen LogP contribution is -2.26. The topological polar surface area (TPSA) is 3.24 Å². The third kappa shape index (κ3) is 4.45. The van der Waals surface area contributed by atoms with Crippen LogP contribution in [0, 0.1) is 0 Å². The molecule has 1 unspecified atom stereocenters. The summed E-state index contributed by atoms with van der Waals surface area (Å²) in [6.45, 7) is 0. The van der Waals surface area contributed by atoms with Crippen LogP contribution in [-0.4, -0.2) is 0 Å². The molecule has 0 aliphatic heterocycles. The molecule has 2 aliphatic carbocycles. The lowest BCUT2D eigenvalue weighted by molar-refractivity contribution is 0.794. The minimum absolute atomic E-state index is 0.447. The van der Waals surface area contributed by atoms with Crippen molar-refractivity contribution >= 4 is 27.8 Å². The van der Waals surface area contributed by atoms with Crippen LogP contribution in [0.15, 0.2) is 212 Å². The van der Waals surface area contributed by atoms with Crippen molar-refractivity contribution in [2.24, 2.45) is 0 Å².